The Morgan fingerprint density at radius 1 is 1.00 bits per heavy atom. The van der Waals surface area contributed by atoms with Crippen molar-refractivity contribution in [1.29, 1.82) is 5.26 Å². The van der Waals surface area contributed by atoms with E-state index in [0.29, 0.717) is 5.56 Å². The lowest BCUT2D eigenvalue weighted by molar-refractivity contribution is -0.143. The van der Waals surface area contributed by atoms with E-state index in [9.17, 15) is 35.9 Å². The van der Waals surface area contributed by atoms with Gasteiger partial charge in [-0.2, -0.15) is 31.6 Å². The number of carbonyl (C=O) groups is 2. The number of nitriles is 1. The summed E-state index contributed by atoms with van der Waals surface area (Å²) in [5.41, 5.74) is 1.38. The third-order valence-corrected chi connectivity index (χ3v) is 4.06. The summed E-state index contributed by atoms with van der Waals surface area (Å²) >= 11 is 0. The maximum absolute atomic E-state index is 13.0. The third-order valence-electron chi connectivity index (χ3n) is 4.06. The third kappa shape index (κ3) is 5.50. The van der Waals surface area contributed by atoms with Gasteiger partial charge in [0.15, 0.2) is 0 Å². The Balaban J connectivity index is 2.38. The molecule has 2 aromatic rings. The van der Waals surface area contributed by atoms with Gasteiger partial charge in [0.05, 0.1) is 22.8 Å². The molecule has 0 unspecified atom stereocenters. The van der Waals surface area contributed by atoms with E-state index in [0.717, 1.165) is 0 Å². The summed E-state index contributed by atoms with van der Waals surface area (Å²) in [6.07, 6.45) is -10.5. The van der Waals surface area contributed by atoms with Gasteiger partial charge in [-0.15, -0.1) is 0 Å². The van der Waals surface area contributed by atoms with E-state index in [4.69, 9.17) is 11.0 Å². The van der Waals surface area contributed by atoms with Gasteiger partial charge in [0, 0.05) is 12.0 Å². The average molecular weight is 429 g/mol. The molecule has 0 saturated heterocycles. The fourth-order valence-electron chi connectivity index (χ4n) is 2.58. The van der Waals surface area contributed by atoms with E-state index >= 15 is 0 Å². The Hall–Kier alpha value is -3.55. The van der Waals surface area contributed by atoms with Gasteiger partial charge in [0.2, 0.25) is 5.91 Å². The van der Waals surface area contributed by atoms with Gasteiger partial charge in [0.25, 0.3) is 5.91 Å². The van der Waals surface area contributed by atoms with Crippen LogP contribution >= 0.6 is 0 Å². The molecule has 3 N–H and O–H groups in total. The van der Waals surface area contributed by atoms with Crippen LogP contribution in [0, 0.1) is 11.3 Å². The second kappa shape index (κ2) is 8.44. The van der Waals surface area contributed by atoms with E-state index < -0.39 is 46.9 Å². The number of primary amides is 1. The van der Waals surface area contributed by atoms with Crippen LogP contribution in [0.3, 0.4) is 0 Å². The number of nitrogens with zero attached hydrogens (tertiary/aromatic N) is 1. The summed E-state index contributed by atoms with van der Waals surface area (Å²) in [5.74, 6) is -2.44. The summed E-state index contributed by atoms with van der Waals surface area (Å²) in [4.78, 5) is 24.0. The first-order valence-corrected chi connectivity index (χ1v) is 8.20. The van der Waals surface area contributed by atoms with Gasteiger partial charge in [-0.25, -0.2) is 0 Å². The molecule has 0 aromatic heterocycles. The van der Waals surface area contributed by atoms with Crippen molar-refractivity contribution in [2.75, 3.05) is 0 Å². The lowest BCUT2D eigenvalue weighted by Gasteiger charge is -2.18. The predicted molar refractivity (Wildman–Crippen MR) is 91.8 cm³/mol. The van der Waals surface area contributed by atoms with Crippen LogP contribution in [0.2, 0.25) is 0 Å². The largest absolute Gasteiger partial charge is 0.416 e. The average Bonchev–Trinajstić information content (AvgIpc) is 2.65. The van der Waals surface area contributed by atoms with Crippen LogP contribution in [0.15, 0.2) is 42.5 Å². The zero-order chi connectivity index (χ0) is 22.7. The molecule has 0 radical (unpaired) electrons. The first-order chi connectivity index (χ1) is 13.8. The first-order valence-electron chi connectivity index (χ1n) is 8.20. The standard InChI is InChI=1S/C19H13F6N3O2/c20-18(21,22)13-5-12(6-14(8-13)19(23,24)25)17(30)28-15(16(27)29)7-10-3-1-2-4-11(10)9-26/h1-6,8,15H,7H2,(H2,27,29)(H,28,30)/t15-/m1/s1. The minimum Gasteiger partial charge on any atom is -0.368 e. The summed E-state index contributed by atoms with van der Waals surface area (Å²) in [6.45, 7) is 0. The van der Waals surface area contributed by atoms with E-state index in [1.54, 1.807) is 12.1 Å². The number of rotatable bonds is 5. The molecular formula is C19H13F6N3O2. The molecule has 0 spiro atoms. The molecule has 2 aromatic carbocycles. The number of nitrogens with two attached hydrogens (primary N) is 1. The normalized spacial score (nSPS) is 12.7. The predicted octanol–water partition coefficient (Wildman–Crippen LogP) is 3.42. The van der Waals surface area contributed by atoms with Crippen molar-refractivity contribution >= 4 is 11.8 Å². The van der Waals surface area contributed by atoms with Crippen LogP contribution in [0.25, 0.3) is 0 Å². The smallest absolute Gasteiger partial charge is 0.368 e. The van der Waals surface area contributed by atoms with Crippen molar-refractivity contribution in [3.63, 3.8) is 0 Å². The summed E-state index contributed by atoms with van der Waals surface area (Å²) in [6, 6.07) is 6.72. The second-order valence-corrected chi connectivity index (χ2v) is 6.20. The Labute approximate surface area is 166 Å². The second-order valence-electron chi connectivity index (χ2n) is 6.20. The molecule has 0 heterocycles. The Kier molecular flexibility index (Phi) is 6.40. The fourth-order valence-corrected chi connectivity index (χ4v) is 2.58. The van der Waals surface area contributed by atoms with Crippen LogP contribution in [0.4, 0.5) is 26.3 Å². The van der Waals surface area contributed by atoms with Crippen molar-refractivity contribution in [2.24, 2.45) is 5.73 Å². The molecule has 2 amide bonds. The number of alkyl halides is 6. The number of amides is 2. The van der Waals surface area contributed by atoms with Crippen molar-refractivity contribution in [1.82, 2.24) is 5.32 Å². The summed E-state index contributed by atoms with van der Waals surface area (Å²) in [5, 5.41) is 11.1. The van der Waals surface area contributed by atoms with Gasteiger partial charge >= 0.3 is 12.4 Å². The molecule has 0 bridgehead atoms. The molecular weight excluding hydrogens is 416 g/mol. The van der Waals surface area contributed by atoms with Gasteiger partial charge in [-0.3, -0.25) is 9.59 Å². The number of carbonyl (C=O) groups excluding carboxylic acids is 2. The van der Waals surface area contributed by atoms with Crippen LogP contribution in [-0.2, 0) is 23.6 Å². The lowest BCUT2D eigenvalue weighted by atomic mass is 9.99. The highest BCUT2D eigenvalue weighted by Gasteiger charge is 2.37. The van der Waals surface area contributed by atoms with Crippen LogP contribution < -0.4 is 11.1 Å². The molecule has 2 rings (SSSR count). The molecule has 11 heteroatoms. The SMILES string of the molecule is N#Cc1ccccc1C[C@@H](NC(=O)c1cc(C(F)(F)F)cc(C(F)(F)F)c1)C(N)=O. The first kappa shape index (κ1) is 22.7. The molecule has 0 aliphatic rings. The zero-order valence-corrected chi connectivity index (χ0v) is 14.9. The zero-order valence-electron chi connectivity index (χ0n) is 14.9. The molecule has 30 heavy (non-hydrogen) atoms. The van der Waals surface area contributed by atoms with Crippen LogP contribution in [-0.4, -0.2) is 17.9 Å². The van der Waals surface area contributed by atoms with Crippen LogP contribution in [0.1, 0.15) is 32.6 Å². The van der Waals surface area contributed by atoms with Crippen LogP contribution in [0.5, 0.6) is 0 Å². The highest BCUT2D eigenvalue weighted by Crippen LogP contribution is 2.36. The molecule has 0 fully saturated rings. The number of hydrogen-bond donors (Lipinski definition) is 2. The van der Waals surface area contributed by atoms with Crippen molar-refractivity contribution in [3.05, 3.63) is 70.3 Å². The highest BCUT2D eigenvalue weighted by atomic mass is 19.4. The number of nitrogens with one attached hydrogen (secondary N) is 1. The minimum atomic E-state index is -5.13. The molecule has 5 nitrogen and oxygen atoms in total. The Bertz CT molecular complexity index is 976. The molecule has 0 aliphatic carbocycles. The van der Waals surface area contributed by atoms with Crippen molar-refractivity contribution in [3.8, 4) is 6.07 Å². The van der Waals surface area contributed by atoms with E-state index in [2.05, 4.69) is 0 Å². The van der Waals surface area contributed by atoms with E-state index in [1.165, 1.54) is 12.1 Å². The van der Waals surface area contributed by atoms with Gasteiger partial charge in [-0.05, 0) is 29.8 Å². The maximum atomic E-state index is 13.0. The number of hydrogen-bond acceptors (Lipinski definition) is 3. The molecule has 1 atom stereocenters. The maximum Gasteiger partial charge on any atom is 0.416 e. The molecule has 0 aliphatic heterocycles. The highest BCUT2D eigenvalue weighted by molar-refractivity contribution is 5.97. The lowest BCUT2D eigenvalue weighted by Crippen LogP contribution is -2.46. The molecule has 158 valence electrons. The monoisotopic (exact) mass is 429 g/mol. The van der Waals surface area contributed by atoms with Gasteiger partial charge in [0.1, 0.15) is 6.04 Å². The number of benzene rings is 2. The minimum absolute atomic E-state index is 0.120. The fraction of sp³-hybridized carbons (Fsp3) is 0.211. The Morgan fingerprint density at radius 3 is 2.00 bits per heavy atom. The quantitative estimate of drug-likeness (QED) is 0.713. The van der Waals surface area contributed by atoms with Gasteiger partial charge in [-0.1, -0.05) is 18.2 Å². The number of halogens is 6. The van der Waals surface area contributed by atoms with E-state index in [1.807, 2.05) is 11.4 Å². The van der Waals surface area contributed by atoms with E-state index in [-0.39, 0.29) is 30.2 Å². The Morgan fingerprint density at radius 2 is 1.53 bits per heavy atom. The van der Waals surface area contributed by atoms with Gasteiger partial charge < -0.3 is 11.1 Å². The summed E-state index contributed by atoms with van der Waals surface area (Å²) < 4.78 is 77.7. The summed E-state index contributed by atoms with van der Waals surface area (Å²) in [7, 11) is 0. The topological polar surface area (TPSA) is 96.0 Å². The molecule has 0 saturated carbocycles. The van der Waals surface area contributed by atoms with Crippen molar-refractivity contribution in [2.45, 2.75) is 24.8 Å². The van der Waals surface area contributed by atoms with Crippen molar-refractivity contribution < 1.29 is 35.9 Å².